The van der Waals surface area contributed by atoms with Gasteiger partial charge in [-0.1, -0.05) is 18.2 Å². The maximum absolute atomic E-state index is 12.3. The van der Waals surface area contributed by atoms with Gasteiger partial charge in [0.25, 0.3) is 5.91 Å². The van der Waals surface area contributed by atoms with Crippen LogP contribution < -0.4 is 20.5 Å². The molecule has 1 amide bonds. The molecular formula is C17H20N2O3. The molecule has 3 N–H and O–H groups in total. The number of aryl methyl sites for hydroxylation is 1. The van der Waals surface area contributed by atoms with Crippen LogP contribution in [0.15, 0.2) is 42.5 Å². The second-order valence-corrected chi connectivity index (χ2v) is 4.97. The van der Waals surface area contributed by atoms with Crippen LogP contribution in [-0.2, 0) is 4.79 Å². The van der Waals surface area contributed by atoms with Gasteiger partial charge in [-0.3, -0.25) is 4.79 Å². The summed E-state index contributed by atoms with van der Waals surface area (Å²) in [7, 11) is 1.56. The molecule has 0 heterocycles. The molecule has 0 spiro atoms. The first-order valence-corrected chi connectivity index (χ1v) is 6.98. The number of nitrogens with one attached hydrogen (secondary N) is 1. The summed E-state index contributed by atoms with van der Waals surface area (Å²) in [6, 6.07) is 12.6. The van der Waals surface area contributed by atoms with E-state index in [-0.39, 0.29) is 5.91 Å². The van der Waals surface area contributed by atoms with Crippen LogP contribution in [0.2, 0.25) is 0 Å². The third kappa shape index (κ3) is 3.69. The minimum atomic E-state index is -0.669. The zero-order chi connectivity index (χ0) is 16.1. The van der Waals surface area contributed by atoms with E-state index in [1.807, 2.05) is 25.1 Å². The van der Waals surface area contributed by atoms with Crippen molar-refractivity contribution in [1.29, 1.82) is 0 Å². The highest BCUT2D eigenvalue weighted by Gasteiger charge is 2.17. The quantitative estimate of drug-likeness (QED) is 0.833. The number of hydrogen-bond donors (Lipinski definition) is 2. The minimum Gasteiger partial charge on any atom is -0.493 e. The van der Waals surface area contributed by atoms with Gasteiger partial charge in [0, 0.05) is 11.4 Å². The molecule has 0 aliphatic rings. The number of benzene rings is 2. The number of rotatable bonds is 5. The van der Waals surface area contributed by atoms with Crippen LogP contribution in [0, 0.1) is 6.92 Å². The van der Waals surface area contributed by atoms with Crippen LogP contribution in [-0.4, -0.2) is 19.1 Å². The maximum Gasteiger partial charge on any atom is 0.265 e. The summed E-state index contributed by atoms with van der Waals surface area (Å²) in [5, 5.41) is 2.82. The van der Waals surface area contributed by atoms with Gasteiger partial charge in [0.05, 0.1) is 7.11 Å². The Morgan fingerprint density at radius 3 is 2.55 bits per heavy atom. The number of methoxy groups -OCH3 is 1. The van der Waals surface area contributed by atoms with Gasteiger partial charge in [0.2, 0.25) is 0 Å². The summed E-state index contributed by atoms with van der Waals surface area (Å²) >= 11 is 0. The Kier molecular flexibility index (Phi) is 4.88. The standard InChI is InChI=1S/C17H20N2O3/c1-11-8-9-13(18)10-14(11)19-17(20)12(2)22-16-7-5-4-6-15(16)21-3/h4-10,12H,18H2,1-3H3,(H,19,20)/t12-/m1/s1. The molecule has 22 heavy (non-hydrogen) atoms. The van der Waals surface area contributed by atoms with Crippen molar-refractivity contribution in [2.75, 3.05) is 18.2 Å². The number of nitrogen functional groups attached to an aromatic ring is 1. The second-order valence-electron chi connectivity index (χ2n) is 4.97. The van der Waals surface area contributed by atoms with Gasteiger partial charge in [0.1, 0.15) is 0 Å². The van der Waals surface area contributed by atoms with Crippen molar-refractivity contribution in [2.45, 2.75) is 20.0 Å². The van der Waals surface area contributed by atoms with Crippen molar-refractivity contribution >= 4 is 17.3 Å². The van der Waals surface area contributed by atoms with Crippen molar-refractivity contribution in [1.82, 2.24) is 0 Å². The largest absolute Gasteiger partial charge is 0.493 e. The van der Waals surface area contributed by atoms with Crippen molar-refractivity contribution in [3.05, 3.63) is 48.0 Å². The van der Waals surface area contributed by atoms with Crippen LogP contribution >= 0.6 is 0 Å². The average molecular weight is 300 g/mol. The van der Waals surface area contributed by atoms with Crippen molar-refractivity contribution in [3.8, 4) is 11.5 Å². The Morgan fingerprint density at radius 2 is 1.86 bits per heavy atom. The molecule has 0 unspecified atom stereocenters. The van der Waals surface area contributed by atoms with E-state index in [4.69, 9.17) is 15.2 Å². The molecule has 0 saturated heterocycles. The van der Waals surface area contributed by atoms with Gasteiger partial charge in [0.15, 0.2) is 17.6 Å². The zero-order valence-electron chi connectivity index (χ0n) is 12.9. The molecule has 0 aliphatic heterocycles. The summed E-state index contributed by atoms with van der Waals surface area (Å²) in [5.74, 6) is 0.860. The molecule has 0 aromatic heterocycles. The molecule has 0 radical (unpaired) electrons. The minimum absolute atomic E-state index is 0.250. The summed E-state index contributed by atoms with van der Waals surface area (Å²) in [5.41, 5.74) is 7.96. The van der Waals surface area contributed by atoms with E-state index in [9.17, 15) is 4.79 Å². The fourth-order valence-electron chi connectivity index (χ4n) is 1.97. The monoisotopic (exact) mass is 300 g/mol. The molecule has 5 heteroatoms. The molecule has 0 saturated carbocycles. The van der Waals surface area contributed by atoms with E-state index in [2.05, 4.69) is 5.32 Å². The highest BCUT2D eigenvalue weighted by molar-refractivity contribution is 5.95. The van der Waals surface area contributed by atoms with E-state index >= 15 is 0 Å². The summed E-state index contributed by atoms with van der Waals surface area (Å²) in [6.07, 6.45) is -0.669. The lowest BCUT2D eigenvalue weighted by molar-refractivity contribution is -0.122. The average Bonchev–Trinajstić information content (AvgIpc) is 2.51. The first-order valence-electron chi connectivity index (χ1n) is 6.98. The maximum atomic E-state index is 12.3. The number of nitrogens with two attached hydrogens (primary N) is 1. The SMILES string of the molecule is COc1ccccc1O[C@H](C)C(=O)Nc1cc(N)ccc1C. The summed E-state index contributed by atoms with van der Waals surface area (Å²) < 4.78 is 10.9. The fraction of sp³-hybridized carbons (Fsp3) is 0.235. The highest BCUT2D eigenvalue weighted by Crippen LogP contribution is 2.27. The molecule has 0 fully saturated rings. The smallest absolute Gasteiger partial charge is 0.265 e. The van der Waals surface area contributed by atoms with Crippen molar-refractivity contribution in [2.24, 2.45) is 0 Å². The normalized spacial score (nSPS) is 11.6. The van der Waals surface area contributed by atoms with Crippen molar-refractivity contribution < 1.29 is 14.3 Å². The number of ether oxygens (including phenoxy) is 2. The van der Waals surface area contributed by atoms with Crippen LogP contribution in [0.5, 0.6) is 11.5 Å². The second kappa shape index (κ2) is 6.85. The fourth-order valence-corrected chi connectivity index (χ4v) is 1.97. The lowest BCUT2D eigenvalue weighted by Crippen LogP contribution is -2.30. The Hall–Kier alpha value is -2.69. The van der Waals surface area contributed by atoms with Gasteiger partial charge in [-0.25, -0.2) is 0 Å². The Bertz CT molecular complexity index is 671. The zero-order valence-corrected chi connectivity index (χ0v) is 12.9. The molecular weight excluding hydrogens is 280 g/mol. The summed E-state index contributed by atoms with van der Waals surface area (Å²) in [6.45, 7) is 3.59. The number of carbonyl (C=O) groups excluding carboxylic acids is 1. The third-order valence-electron chi connectivity index (χ3n) is 3.26. The van der Waals surface area contributed by atoms with Gasteiger partial charge < -0.3 is 20.5 Å². The molecule has 2 aromatic rings. The topological polar surface area (TPSA) is 73.6 Å². The van der Waals surface area contributed by atoms with Crippen LogP contribution in [0.4, 0.5) is 11.4 Å². The van der Waals surface area contributed by atoms with Gasteiger partial charge in [-0.2, -0.15) is 0 Å². The molecule has 1 atom stereocenters. The lowest BCUT2D eigenvalue weighted by Gasteiger charge is -2.17. The van der Waals surface area contributed by atoms with E-state index in [0.29, 0.717) is 22.9 Å². The third-order valence-corrected chi connectivity index (χ3v) is 3.26. The molecule has 5 nitrogen and oxygen atoms in total. The number of carbonyl (C=O) groups is 1. The predicted molar refractivity (Wildman–Crippen MR) is 87.3 cm³/mol. The van der Waals surface area contributed by atoms with E-state index in [0.717, 1.165) is 5.56 Å². The molecule has 0 aliphatic carbocycles. The van der Waals surface area contributed by atoms with Crippen LogP contribution in [0.3, 0.4) is 0 Å². The van der Waals surface area contributed by atoms with E-state index < -0.39 is 6.10 Å². The van der Waals surface area contributed by atoms with Gasteiger partial charge >= 0.3 is 0 Å². The van der Waals surface area contributed by atoms with E-state index in [1.54, 1.807) is 38.3 Å². The van der Waals surface area contributed by atoms with Crippen molar-refractivity contribution in [3.63, 3.8) is 0 Å². The molecule has 116 valence electrons. The van der Waals surface area contributed by atoms with Gasteiger partial charge in [-0.15, -0.1) is 0 Å². The molecule has 2 rings (SSSR count). The number of amides is 1. The lowest BCUT2D eigenvalue weighted by atomic mass is 10.1. The molecule has 0 bridgehead atoms. The first-order chi connectivity index (χ1) is 10.5. The first kappa shape index (κ1) is 15.7. The predicted octanol–water partition coefficient (Wildman–Crippen LogP) is 2.99. The van der Waals surface area contributed by atoms with Gasteiger partial charge in [-0.05, 0) is 43.7 Å². The summed E-state index contributed by atoms with van der Waals surface area (Å²) in [4.78, 5) is 12.3. The van der Waals surface area contributed by atoms with Crippen LogP contribution in [0.25, 0.3) is 0 Å². The number of anilines is 2. The van der Waals surface area contributed by atoms with Crippen LogP contribution in [0.1, 0.15) is 12.5 Å². The Morgan fingerprint density at radius 1 is 1.18 bits per heavy atom. The Labute approximate surface area is 130 Å². The van der Waals surface area contributed by atoms with E-state index in [1.165, 1.54) is 0 Å². The Balaban J connectivity index is 2.07. The highest BCUT2D eigenvalue weighted by atomic mass is 16.5. The molecule has 2 aromatic carbocycles. The number of para-hydroxylation sites is 2. The number of hydrogen-bond acceptors (Lipinski definition) is 4.